The van der Waals surface area contributed by atoms with Gasteiger partial charge in [0.15, 0.2) is 0 Å². The molecule has 84 valence electrons. The molecule has 0 aromatic carbocycles. The van der Waals surface area contributed by atoms with Gasteiger partial charge in [-0.05, 0) is 13.8 Å². The molecule has 0 fully saturated rings. The summed E-state index contributed by atoms with van der Waals surface area (Å²) < 4.78 is 40.6. The number of oxazole rings is 1. The summed E-state index contributed by atoms with van der Waals surface area (Å²) in [5, 5.41) is 1.73. The van der Waals surface area contributed by atoms with Crippen molar-refractivity contribution in [2.45, 2.75) is 26.1 Å². The van der Waals surface area contributed by atoms with Crippen molar-refractivity contribution in [1.29, 1.82) is 0 Å². The molecule has 0 bridgehead atoms. The third-order valence-electron chi connectivity index (χ3n) is 1.61. The number of nitrogens with zero attached hydrogens (tertiary/aromatic N) is 1. The van der Waals surface area contributed by atoms with Crippen LogP contribution in [0.4, 0.5) is 13.2 Å². The molecule has 1 aromatic rings. The summed E-state index contributed by atoms with van der Waals surface area (Å²) in [5.74, 6) is -1.49. The van der Waals surface area contributed by atoms with Gasteiger partial charge in [-0.15, -0.1) is 0 Å². The van der Waals surface area contributed by atoms with Crippen LogP contribution in [0, 0.1) is 6.92 Å². The first-order chi connectivity index (χ1) is 6.80. The lowest BCUT2D eigenvalue weighted by Gasteiger charge is -2.11. The van der Waals surface area contributed by atoms with Crippen LogP contribution >= 0.6 is 0 Å². The quantitative estimate of drug-likeness (QED) is 0.828. The van der Waals surface area contributed by atoms with Crippen molar-refractivity contribution in [1.82, 2.24) is 10.3 Å². The van der Waals surface area contributed by atoms with Gasteiger partial charge in [0.25, 0.3) is 0 Å². The van der Waals surface area contributed by atoms with Crippen molar-refractivity contribution in [2.24, 2.45) is 0 Å². The molecular formula is C8H9F3N2O2. The van der Waals surface area contributed by atoms with Crippen molar-refractivity contribution in [2.75, 3.05) is 0 Å². The number of aromatic nitrogens is 1. The van der Waals surface area contributed by atoms with Gasteiger partial charge in [-0.3, -0.25) is 4.79 Å². The second kappa shape index (κ2) is 3.92. The van der Waals surface area contributed by atoms with Gasteiger partial charge in [0.05, 0.1) is 6.20 Å². The minimum atomic E-state index is -4.89. The maximum atomic E-state index is 11.9. The minimum Gasteiger partial charge on any atom is -0.444 e. The van der Waals surface area contributed by atoms with Crippen molar-refractivity contribution < 1.29 is 22.4 Å². The zero-order valence-corrected chi connectivity index (χ0v) is 8.05. The van der Waals surface area contributed by atoms with Crippen LogP contribution in [0.15, 0.2) is 10.6 Å². The van der Waals surface area contributed by atoms with Crippen LogP contribution < -0.4 is 5.32 Å². The van der Waals surface area contributed by atoms with E-state index in [1.54, 1.807) is 12.2 Å². The average molecular weight is 222 g/mol. The molecular weight excluding hydrogens is 213 g/mol. The fourth-order valence-corrected chi connectivity index (χ4v) is 0.913. The third-order valence-corrected chi connectivity index (χ3v) is 1.61. The average Bonchev–Trinajstić information content (AvgIpc) is 2.50. The maximum Gasteiger partial charge on any atom is 0.471 e. The Morgan fingerprint density at radius 3 is 2.60 bits per heavy atom. The molecule has 0 saturated carbocycles. The highest BCUT2D eigenvalue weighted by atomic mass is 19.4. The molecule has 1 aromatic heterocycles. The van der Waals surface area contributed by atoms with Gasteiger partial charge < -0.3 is 9.73 Å². The van der Waals surface area contributed by atoms with Crippen LogP contribution in [-0.2, 0) is 4.79 Å². The predicted molar refractivity (Wildman–Crippen MR) is 43.9 cm³/mol. The number of aryl methyl sites for hydroxylation is 1. The molecule has 1 amide bonds. The highest BCUT2D eigenvalue weighted by molar-refractivity contribution is 5.81. The van der Waals surface area contributed by atoms with Crippen molar-refractivity contribution in [3.63, 3.8) is 0 Å². The van der Waals surface area contributed by atoms with E-state index in [0.29, 0.717) is 5.76 Å². The van der Waals surface area contributed by atoms with Crippen LogP contribution in [0.25, 0.3) is 0 Å². The Labute approximate surface area is 83.5 Å². The molecule has 1 unspecified atom stereocenters. The lowest BCUT2D eigenvalue weighted by atomic mass is 10.3. The Morgan fingerprint density at radius 1 is 1.60 bits per heavy atom. The number of hydrogen-bond acceptors (Lipinski definition) is 3. The fraction of sp³-hybridized carbons (Fsp3) is 0.500. The Kier molecular flexibility index (Phi) is 3.01. The summed E-state index contributed by atoms with van der Waals surface area (Å²) in [6.45, 7) is 2.96. The predicted octanol–water partition coefficient (Wildman–Crippen LogP) is 1.72. The molecule has 0 aliphatic rings. The molecule has 1 atom stereocenters. The number of amides is 1. The van der Waals surface area contributed by atoms with Crippen LogP contribution in [0.3, 0.4) is 0 Å². The Balaban J connectivity index is 2.64. The first kappa shape index (κ1) is 11.5. The van der Waals surface area contributed by atoms with Gasteiger partial charge in [0.1, 0.15) is 11.8 Å². The summed E-state index contributed by atoms with van der Waals surface area (Å²) in [6.07, 6.45) is -3.53. The van der Waals surface area contributed by atoms with Crippen molar-refractivity contribution in [3.05, 3.63) is 17.8 Å². The van der Waals surface area contributed by atoms with Crippen LogP contribution in [0.1, 0.15) is 24.6 Å². The smallest absolute Gasteiger partial charge is 0.444 e. The lowest BCUT2D eigenvalue weighted by molar-refractivity contribution is -0.174. The molecule has 1 heterocycles. The van der Waals surface area contributed by atoms with Gasteiger partial charge in [-0.1, -0.05) is 0 Å². The normalized spacial score (nSPS) is 13.7. The largest absolute Gasteiger partial charge is 0.471 e. The Morgan fingerprint density at radius 2 is 2.20 bits per heavy atom. The maximum absolute atomic E-state index is 11.9. The molecule has 15 heavy (non-hydrogen) atoms. The van der Waals surface area contributed by atoms with E-state index in [1.165, 1.54) is 13.1 Å². The molecule has 0 aliphatic carbocycles. The van der Waals surface area contributed by atoms with E-state index in [9.17, 15) is 18.0 Å². The molecule has 7 heteroatoms. The van der Waals surface area contributed by atoms with E-state index in [-0.39, 0.29) is 5.89 Å². The fourth-order valence-electron chi connectivity index (χ4n) is 0.913. The molecule has 1 rings (SSSR count). The zero-order chi connectivity index (χ0) is 11.6. The summed E-state index contributed by atoms with van der Waals surface area (Å²) in [5.41, 5.74) is 0. The molecule has 0 aliphatic heterocycles. The number of carbonyl (C=O) groups excluding carboxylic acids is 1. The number of rotatable bonds is 2. The van der Waals surface area contributed by atoms with Gasteiger partial charge in [0.2, 0.25) is 5.89 Å². The third kappa shape index (κ3) is 2.97. The Bertz CT molecular complexity index is 359. The van der Waals surface area contributed by atoms with Gasteiger partial charge >= 0.3 is 12.1 Å². The molecule has 4 nitrogen and oxygen atoms in total. The summed E-state index contributed by atoms with van der Waals surface area (Å²) in [6, 6.07) is -0.909. The van der Waals surface area contributed by atoms with E-state index < -0.39 is 18.1 Å². The molecule has 0 radical (unpaired) electrons. The second-order valence-electron chi connectivity index (χ2n) is 3.00. The van der Waals surface area contributed by atoms with Crippen molar-refractivity contribution in [3.8, 4) is 0 Å². The van der Waals surface area contributed by atoms with E-state index in [4.69, 9.17) is 4.42 Å². The molecule has 1 N–H and O–H groups in total. The summed E-state index contributed by atoms with van der Waals surface area (Å²) in [4.78, 5) is 14.3. The number of hydrogen-bond donors (Lipinski definition) is 1. The molecule has 0 spiro atoms. The van der Waals surface area contributed by atoms with Gasteiger partial charge in [-0.2, -0.15) is 13.2 Å². The monoisotopic (exact) mass is 222 g/mol. The van der Waals surface area contributed by atoms with Crippen LogP contribution in [-0.4, -0.2) is 17.1 Å². The van der Waals surface area contributed by atoms with Crippen LogP contribution in [0.5, 0.6) is 0 Å². The first-order valence-electron chi connectivity index (χ1n) is 4.10. The Hall–Kier alpha value is -1.53. The molecule has 0 saturated heterocycles. The number of nitrogens with one attached hydrogen (secondary N) is 1. The van der Waals surface area contributed by atoms with Gasteiger partial charge in [-0.25, -0.2) is 4.98 Å². The van der Waals surface area contributed by atoms with Crippen molar-refractivity contribution >= 4 is 5.91 Å². The first-order valence-corrected chi connectivity index (χ1v) is 4.10. The van der Waals surface area contributed by atoms with Gasteiger partial charge in [0, 0.05) is 0 Å². The SMILES string of the molecule is Cc1cnc(C(C)NC(=O)C(F)(F)F)o1. The number of alkyl halides is 3. The van der Waals surface area contributed by atoms with E-state index in [1.807, 2.05) is 0 Å². The minimum absolute atomic E-state index is 0.0464. The standard InChI is InChI=1S/C8H9F3N2O2/c1-4-3-12-6(15-4)5(2)13-7(14)8(9,10)11/h3,5H,1-2H3,(H,13,14). The lowest BCUT2D eigenvalue weighted by Crippen LogP contribution is -2.38. The number of halogens is 3. The van der Waals surface area contributed by atoms with E-state index in [0.717, 1.165) is 0 Å². The second-order valence-corrected chi connectivity index (χ2v) is 3.00. The topological polar surface area (TPSA) is 55.1 Å². The van der Waals surface area contributed by atoms with E-state index >= 15 is 0 Å². The number of carbonyl (C=O) groups is 1. The zero-order valence-electron chi connectivity index (χ0n) is 8.05. The highest BCUT2D eigenvalue weighted by Crippen LogP contribution is 2.18. The highest BCUT2D eigenvalue weighted by Gasteiger charge is 2.39. The summed E-state index contributed by atoms with van der Waals surface area (Å²) >= 11 is 0. The van der Waals surface area contributed by atoms with Crippen LogP contribution in [0.2, 0.25) is 0 Å². The van der Waals surface area contributed by atoms with E-state index in [2.05, 4.69) is 4.98 Å². The summed E-state index contributed by atoms with van der Waals surface area (Å²) in [7, 11) is 0.